The molecule has 0 saturated heterocycles. The zero-order valence-corrected chi connectivity index (χ0v) is 13.6. The van der Waals surface area contributed by atoms with Gasteiger partial charge in [-0.15, -0.1) is 0 Å². The van der Waals surface area contributed by atoms with Gasteiger partial charge in [0.1, 0.15) is 0 Å². The molecule has 0 N–H and O–H groups in total. The number of carbonyl (C=O) groups is 1. The number of carbonyl (C=O) groups excluding carboxylic acids is 1. The quantitative estimate of drug-likeness (QED) is 0.395. The van der Waals surface area contributed by atoms with Crippen LogP contribution in [0.4, 0.5) is 0 Å². The van der Waals surface area contributed by atoms with Crippen LogP contribution >= 0.6 is 0 Å². The van der Waals surface area contributed by atoms with Crippen LogP contribution < -0.4 is 4.46 Å². The summed E-state index contributed by atoms with van der Waals surface area (Å²) < 4.78 is 6.80. The van der Waals surface area contributed by atoms with E-state index in [0.29, 0.717) is 15.0 Å². The van der Waals surface area contributed by atoms with Crippen LogP contribution in [0.1, 0.15) is 46.0 Å². The van der Waals surface area contributed by atoms with Crippen LogP contribution in [0, 0.1) is 0 Å². The Labute approximate surface area is 123 Å². The molecule has 0 saturated carbocycles. The second kappa shape index (κ2) is 10.1. The van der Waals surface area contributed by atoms with E-state index in [1.165, 1.54) is 30.6 Å². The molecule has 106 valence electrons. The number of esters is 1. The van der Waals surface area contributed by atoms with E-state index >= 15 is 0 Å². The van der Waals surface area contributed by atoms with Gasteiger partial charge in [0.05, 0.1) is 0 Å². The Balaban J connectivity index is 2.34. The van der Waals surface area contributed by atoms with Gasteiger partial charge in [-0.05, 0) is 0 Å². The van der Waals surface area contributed by atoms with Gasteiger partial charge in [-0.25, -0.2) is 0 Å². The van der Waals surface area contributed by atoms with E-state index in [1.54, 1.807) is 0 Å². The van der Waals surface area contributed by atoms with Crippen LogP contribution in [-0.4, -0.2) is 27.0 Å². The van der Waals surface area contributed by atoms with Gasteiger partial charge in [0.25, 0.3) is 0 Å². The molecule has 1 rings (SSSR count). The van der Waals surface area contributed by atoms with Crippen molar-refractivity contribution in [3.63, 3.8) is 0 Å². The van der Waals surface area contributed by atoms with Crippen LogP contribution in [0.3, 0.4) is 0 Å². The second-order valence-corrected chi connectivity index (χ2v) is 7.00. The summed E-state index contributed by atoms with van der Waals surface area (Å²) in [6.07, 6.45) is 6.04. The molecule has 1 aromatic rings. The maximum absolute atomic E-state index is 11.1. The predicted octanol–water partition coefficient (Wildman–Crippen LogP) is 3.34. The number of hydrogen-bond acceptors (Lipinski definition) is 2. The molecule has 0 aliphatic rings. The number of rotatable bonds is 9. The summed E-state index contributed by atoms with van der Waals surface area (Å²) in [6, 6.07) is 10.5. The van der Waals surface area contributed by atoms with Crippen LogP contribution in [0.15, 0.2) is 30.3 Å². The summed E-state index contributed by atoms with van der Waals surface area (Å²) in [5, 5.41) is 0.989. The van der Waals surface area contributed by atoms with E-state index in [9.17, 15) is 4.79 Å². The van der Waals surface area contributed by atoms with Gasteiger partial charge < -0.3 is 0 Å². The fraction of sp³-hybridized carbons (Fsp3) is 0.562. The van der Waals surface area contributed by atoms with E-state index in [2.05, 4.69) is 31.2 Å². The molecule has 0 radical (unpaired) electrons. The van der Waals surface area contributed by atoms with E-state index in [1.807, 2.05) is 6.07 Å². The minimum atomic E-state index is -0.149. The third-order valence-corrected chi connectivity index (χ3v) is 5.29. The molecule has 1 atom stereocenters. The van der Waals surface area contributed by atoms with Crippen molar-refractivity contribution in [2.24, 2.45) is 0 Å². The van der Waals surface area contributed by atoms with E-state index in [4.69, 9.17) is 4.74 Å². The molecule has 0 bridgehead atoms. The molecule has 1 aromatic carbocycles. The minimum absolute atomic E-state index is 0.106. The van der Waals surface area contributed by atoms with Gasteiger partial charge in [-0.1, -0.05) is 0 Å². The molecule has 0 aliphatic carbocycles. The summed E-state index contributed by atoms with van der Waals surface area (Å²) in [6.45, 7) is 3.72. The summed E-state index contributed by atoms with van der Waals surface area (Å²) in [5.41, 5.74) is 0. The Bertz CT molecular complexity index is 351. The zero-order valence-electron chi connectivity index (χ0n) is 11.9. The first-order valence-corrected chi connectivity index (χ1v) is 9.14. The molecule has 0 amide bonds. The van der Waals surface area contributed by atoms with E-state index in [0.717, 1.165) is 18.2 Å². The van der Waals surface area contributed by atoms with Gasteiger partial charge >= 0.3 is 123 Å². The van der Waals surface area contributed by atoms with Crippen molar-refractivity contribution in [1.29, 1.82) is 0 Å². The van der Waals surface area contributed by atoms with Crippen molar-refractivity contribution in [2.45, 2.75) is 57.4 Å². The number of hydrogen-bond donors (Lipinski definition) is 0. The van der Waals surface area contributed by atoms with Crippen molar-refractivity contribution < 1.29 is 9.53 Å². The van der Waals surface area contributed by atoms with Gasteiger partial charge in [-0.3, -0.25) is 0 Å². The Morgan fingerprint density at radius 2 is 1.95 bits per heavy atom. The van der Waals surface area contributed by atoms with Gasteiger partial charge in [0.2, 0.25) is 0 Å². The van der Waals surface area contributed by atoms with Gasteiger partial charge in [0, 0.05) is 0 Å². The molecule has 0 aromatic heterocycles. The number of ether oxygens (including phenoxy) is 1. The van der Waals surface area contributed by atoms with Crippen molar-refractivity contribution in [3.8, 4) is 0 Å². The Morgan fingerprint density at radius 1 is 1.21 bits per heavy atom. The Morgan fingerprint density at radius 3 is 2.58 bits per heavy atom. The molecule has 0 aliphatic heterocycles. The fourth-order valence-corrected chi connectivity index (χ4v) is 3.94. The number of unbranched alkanes of at least 4 members (excludes halogenated alkanes) is 3. The molecule has 2 nitrogen and oxygen atoms in total. The molecular weight excluding hydrogens is 303 g/mol. The van der Waals surface area contributed by atoms with E-state index < -0.39 is 0 Å². The third-order valence-electron chi connectivity index (χ3n) is 2.89. The normalized spacial score (nSPS) is 12.1. The molecule has 0 fully saturated rings. The Hall–Kier alpha value is -0.791. The third kappa shape index (κ3) is 8.07. The summed E-state index contributed by atoms with van der Waals surface area (Å²) in [5.74, 6) is -0.149. The summed E-state index contributed by atoms with van der Waals surface area (Å²) in [4.78, 5) is 11.1. The van der Waals surface area contributed by atoms with Gasteiger partial charge in [0.15, 0.2) is 0 Å². The van der Waals surface area contributed by atoms with Crippen molar-refractivity contribution in [2.75, 3.05) is 0 Å². The average Bonchev–Trinajstić information content (AvgIpc) is 2.41. The van der Waals surface area contributed by atoms with Crippen LogP contribution in [0.5, 0.6) is 0 Å². The summed E-state index contributed by atoms with van der Waals surface area (Å²) in [7, 11) is 0. The first-order chi connectivity index (χ1) is 9.22. The first kappa shape index (κ1) is 16.3. The second-order valence-electron chi connectivity index (χ2n) is 4.70. The molecule has 1 unspecified atom stereocenters. The number of benzene rings is 1. The van der Waals surface area contributed by atoms with Crippen molar-refractivity contribution in [3.05, 3.63) is 30.3 Å². The topological polar surface area (TPSA) is 26.3 Å². The van der Waals surface area contributed by atoms with E-state index in [-0.39, 0.29) is 12.1 Å². The van der Waals surface area contributed by atoms with Crippen LogP contribution in [0.25, 0.3) is 0 Å². The van der Waals surface area contributed by atoms with Crippen molar-refractivity contribution in [1.82, 2.24) is 0 Å². The molecule has 3 heteroatoms. The van der Waals surface area contributed by atoms with Crippen molar-refractivity contribution >= 4 is 25.4 Å². The first-order valence-electron chi connectivity index (χ1n) is 7.07. The van der Waals surface area contributed by atoms with Crippen LogP contribution in [-0.2, 0) is 9.53 Å². The Kier molecular flexibility index (Phi) is 8.60. The molecule has 0 heterocycles. The fourth-order valence-electron chi connectivity index (χ4n) is 1.92. The zero-order chi connectivity index (χ0) is 13.9. The maximum atomic E-state index is 11.1. The molecular formula is C16H24O2Se. The molecule has 19 heavy (non-hydrogen) atoms. The van der Waals surface area contributed by atoms with Crippen LogP contribution in [0.2, 0.25) is 5.32 Å². The standard InChI is InChI=1S/C16H24O2Se/c1-3-4-5-7-10-15(18-14(2)17)13-19-16-11-8-6-9-12-16/h6,8-9,11-12,15H,3-5,7,10,13H2,1-2H3. The predicted molar refractivity (Wildman–Crippen MR) is 81.0 cm³/mol. The SMILES string of the molecule is CCCCCCC(C[Se]c1ccccc1)OC(C)=O. The van der Waals surface area contributed by atoms with Gasteiger partial charge in [-0.2, -0.15) is 0 Å². The summed E-state index contributed by atoms with van der Waals surface area (Å²) >= 11 is 0.395. The molecule has 0 spiro atoms. The average molecular weight is 327 g/mol. The monoisotopic (exact) mass is 328 g/mol.